The van der Waals surface area contributed by atoms with E-state index >= 15 is 0 Å². The zero-order valence-electron chi connectivity index (χ0n) is 16.5. The summed E-state index contributed by atoms with van der Waals surface area (Å²) >= 11 is 0. The Morgan fingerprint density at radius 2 is 1.72 bits per heavy atom. The van der Waals surface area contributed by atoms with Gasteiger partial charge in [0, 0.05) is 5.69 Å². The zero-order valence-corrected chi connectivity index (χ0v) is 16.5. The van der Waals surface area contributed by atoms with Crippen molar-refractivity contribution in [2.24, 2.45) is 0 Å². The molecule has 0 spiro atoms. The summed E-state index contributed by atoms with van der Waals surface area (Å²) in [5, 5.41) is 11.9. The van der Waals surface area contributed by atoms with Gasteiger partial charge >= 0.3 is 0 Å². The lowest BCUT2D eigenvalue weighted by Crippen LogP contribution is -2.16. The van der Waals surface area contributed by atoms with Crippen LogP contribution in [0.1, 0.15) is 21.9 Å². The third kappa shape index (κ3) is 3.62. The van der Waals surface area contributed by atoms with E-state index in [2.05, 4.69) is 15.5 Å². The molecule has 2 aromatic carbocycles. The van der Waals surface area contributed by atoms with Gasteiger partial charge < -0.3 is 10.1 Å². The van der Waals surface area contributed by atoms with Crippen LogP contribution in [0.25, 0.3) is 11.4 Å². The Morgan fingerprint density at radius 1 is 1.00 bits per heavy atom. The molecule has 0 saturated heterocycles. The summed E-state index contributed by atoms with van der Waals surface area (Å²) in [5.41, 5.74) is 4.36. The lowest BCUT2D eigenvalue weighted by atomic mass is 10.2. The Morgan fingerprint density at radius 3 is 2.41 bits per heavy atom. The maximum Gasteiger partial charge on any atom is 0.280 e. The second-order valence-corrected chi connectivity index (χ2v) is 6.64. The van der Waals surface area contributed by atoms with Gasteiger partial charge in [0.25, 0.3) is 5.91 Å². The number of hydrogen-bond acceptors (Lipinski definition) is 4. The van der Waals surface area contributed by atoms with E-state index in [1.54, 1.807) is 10.9 Å². The van der Waals surface area contributed by atoms with Crippen molar-refractivity contribution in [3.05, 3.63) is 83.9 Å². The van der Waals surface area contributed by atoms with E-state index in [4.69, 9.17) is 4.74 Å². The molecular formula is C22H21N5O2. The number of benzene rings is 2. The first kappa shape index (κ1) is 18.5. The van der Waals surface area contributed by atoms with Gasteiger partial charge in [0.1, 0.15) is 0 Å². The number of nitrogens with zero attached hydrogens (tertiary/aromatic N) is 4. The van der Waals surface area contributed by atoms with Crippen LogP contribution in [0.5, 0.6) is 5.75 Å². The van der Waals surface area contributed by atoms with Crippen molar-refractivity contribution in [2.75, 3.05) is 12.4 Å². The highest BCUT2D eigenvalue weighted by atomic mass is 16.5. The fraction of sp³-hybridized carbons (Fsp3) is 0.136. The van der Waals surface area contributed by atoms with Crippen LogP contribution in [0.3, 0.4) is 0 Å². The highest BCUT2D eigenvalue weighted by Crippen LogP contribution is 2.25. The van der Waals surface area contributed by atoms with Crippen molar-refractivity contribution in [2.45, 2.75) is 13.8 Å². The van der Waals surface area contributed by atoms with Crippen LogP contribution >= 0.6 is 0 Å². The van der Waals surface area contributed by atoms with Crippen molar-refractivity contribution in [3.63, 3.8) is 0 Å². The van der Waals surface area contributed by atoms with Crippen LogP contribution in [0, 0.1) is 13.8 Å². The SMILES string of the molecule is COc1cn(-c2ccccc2)nc1C(=O)Nc1ccccc1-n1nc(C)cc1C. The van der Waals surface area contributed by atoms with Crippen molar-refractivity contribution < 1.29 is 9.53 Å². The molecule has 4 aromatic rings. The zero-order chi connectivity index (χ0) is 20.4. The molecule has 0 radical (unpaired) electrons. The van der Waals surface area contributed by atoms with Crippen LogP contribution < -0.4 is 10.1 Å². The molecule has 0 bridgehead atoms. The van der Waals surface area contributed by atoms with E-state index in [9.17, 15) is 4.79 Å². The maximum absolute atomic E-state index is 13.0. The van der Waals surface area contributed by atoms with Crippen LogP contribution in [0.15, 0.2) is 66.9 Å². The van der Waals surface area contributed by atoms with Gasteiger partial charge in [-0.1, -0.05) is 30.3 Å². The molecular weight excluding hydrogens is 366 g/mol. The molecule has 0 unspecified atom stereocenters. The lowest BCUT2D eigenvalue weighted by molar-refractivity contribution is 0.101. The number of anilines is 1. The summed E-state index contributed by atoms with van der Waals surface area (Å²) in [6, 6.07) is 19.1. The molecule has 0 atom stereocenters. The standard InChI is InChI=1S/C22H21N5O2/c1-15-13-16(2)27(24-15)19-12-8-7-11-18(19)23-22(28)21-20(29-3)14-26(25-21)17-9-5-4-6-10-17/h4-14H,1-3H3,(H,23,28). The number of carbonyl (C=O) groups is 1. The number of aryl methyl sites for hydroxylation is 2. The van der Waals surface area contributed by atoms with Gasteiger partial charge in [0.15, 0.2) is 11.4 Å². The molecule has 1 N–H and O–H groups in total. The van der Waals surface area contributed by atoms with E-state index in [-0.39, 0.29) is 11.6 Å². The van der Waals surface area contributed by atoms with E-state index in [1.165, 1.54) is 7.11 Å². The van der Waals surface area contributed by atoms with Crippen molar-refractivity contribution in [1.82, 2.24) is 19.6 Å². The van der Waals surface area contributed by atoms with Crippen molar-refractivity contribution in [1.29, 1.82) is 0 Å². The van der Waals surface area contributed by atoms with Crippen LogP contribution in [0.2, 0.25) is 0 Å². The molecule has 7 heteroatoms. The predicted molar refractivity (Wildman–Crippen MR) is 111 cm³/mol. The topological polar surface area (TPSA) is 74.0 Å². The third-order valence-corrected chi connectivity index (χ3v) is 4.53. The number of nitrogens with one attached hydrogen (secondary N) is 1. The normalized spacial score (nSPS) is 10.7. The van der Waals surface area contributed by atoms with Gasteiger partial charge in [-0.05, 0) is 44.2 Å². The van der Waals surface area contributed by atoms with Gasteiger partial charge in [-0.2, -0.15) is 10.2 Å². The molecule has 0 saturated carbocycles. The fourth-order valence-electron chi connectivity index (χ4n) is 3.20. The molecule has 0 aliphatic heterocycles. The lowest BCUT2D eigenvalue weighted by Gasteiger charge is -2.12. The molecule has 1 amide bonds. The number of methoxy groups -OCH3 is 1. The van der Waals surface area contributed by atoms with Crippen molar-refractivity contribution >= 4 is 11.6 Å². The minimum absolute atomic E-state index is 0.208. The van der Waals surface area contributed by atoms with E-state index in [0.717, 1.165) is 22.8 Å². The maximum atomic E-state index is 13.0. The molecule has 0 aliphatic rings. The molecule has 2 aromatic heterocycles. The van der Waals surface area contributed by atoms with Gasteiger partial charge in [-0.15, -0.1) is 0 Å². The van der Waals surface area contributed by atoms with Crippen molar-refractivity contribution in [3.8, 4) is 17.1 Å². The summed E-state index contributed by atoms with van der Waals surface area (Å²) in [7, 11) is 1.52. The second-order valence-electron chi connectivity index (χ2n) is 6.64. The van der Waals surface area contributed by atoms with Crippen LogP contribution in [-0.4, -0.2) is 32.6 Å². The number of hydrogen-bond donors (Lipinski definition) is 1. The average Bonchev–Trinajstić information content (AvgIpc) is 3.32. The minimum atomic E-state index is -0.356. The molecule has 2 heterocycles. The molecule has 7 nitrogen and oxygen atoms in total. The Bertz CT molecular complexity index is 1160. The van der Waals surface area contributed by atoms with Crippen LogP contribution in [0.4, 0.5) is 5.69 Å². The van der Waals surface area contributed by atoms with E-state index < -0.39 is 0 Å². The summed E-state index contributed by atoms with van der Waals surface area (Å²) in [4.78, 5) is 13.0. The van der Waals surface area contributed by atoms with Crippen LogP contribution in [-0.2, 0) is 0 Å². The van der Waals surface area contributed by atoms with Gasteiger partial charge in [0.2, 0.25) is 0 Å². The van der Waals surface area contributed by atoms with E-state index in [0.29, 0.717) is 11.4 Å². The summed E-state index contributed by atoms with van der Waals surface area (Å²) in [6.07, 6.45) is 1.69. The third-order valence-electron chi connectivity index (χ3n) is 4.53. The smallest absolute Gasteiger partial charge is 0.280 e. The first-order valence-corrected chi connectivity index (χ1v) is 9.20. The largest absolute Gasteiger partial charge is 0.493 e. The summed E-state index contributed by atoms with van der Waals surface area (Å²) in [6.45, 7) is 3.91. The second kappa shape index (κ2) is 7.63. The Hall–Kier alpha value is -3.87. The first-order valence-electron chi connectivity index (χ1n) is 9.20. The minimum Gasteiger partial charge on any atom is -0.493 e. The summed E-state index contributed by atoms with van der Waals surface area (Å²) < 4.78 is 8.82. The number of ether oxygens (including phenoxy) is 1. The van der Waals surface area contributed by atoms with Gasteiger partial charge in [-0.25, -0.2) is 9.36 Å². The fourth-order valence-corrected chi connectivity index (χ4v) is 3.20. The molecule has 29 heavy (non-hydrogen) atoms. The molecule has 0 fully saturated rings. The predicted octanol–water partition coefficient (Wildman–Crippen LogP) is 3.94. The molecule has 4 rings (SSSR count). The monoisotopic (exact) mass is 387 g/mol. The van der Waals surface area contributed by atoms with Gasteiger partial charge in [0.05, 0.1) is 36.1 Å². The Balaban J connectivity index is 1.68. The summed E-state index contributed by atoms with van der Waals surface area (Å²) in [5.74, 6) is 0.0421. The Labute approximate surface area is 168 Å². The quantitative estimate of drug-likeness (QED) is 0.563. The number of rotatable bonds is 5. The molecule has 146 valence electrons. The number of para-hydroxylation sites is 3. The highest BCUT2D eigenvalue weighted by Gasteiger charge is 2.20. The number of carbonyl (C=O) groups excluding carboxylic acids is 1. The first-order chi connectivity index (χ1) is 14.1. The van der Waals surface area contributed by atoms with E-state index in [1.807, 2.05) is 79.2 Å². The Kier molecular flexibility index (Phi) is 4.87. The number of aromatic nitrogens is 4. The average molecular weight is 387 g/mol. The number of amides is 1. The highest BCUT2D eigenvalue weighted by molar-refractivity contribution is 6.05. The molecule has 0 aliphatic carbocycles. The van der Waals surface area contributed by atoms with Gasteiger partial charge in [-0.3, -0.25) is 4.79 Å².